The van der Waals surface area contributed by atoms with Gasteiger partial charge in [0.05, 0.1) is 11.3 Å². The average molecular weight is 468 g/mol. The second kappa shape index (κ2) is 10.7. The maximum Gasteiger partial charge on any atom is 0.262 e. The molecule has 0 radical (unpaired) electrons. The number of anilines is 3. The van der Waals surface area contributed by atoms with Crippen LogP contribution >= 0.6 is 0 Å². The van der Waals surface area contributed by atoms with Crippen molar-refractivity contribution in [3.63, 3.8) is 0 Å². The van der Waals surface area contributed by atoms with Crippen molar-refractivity contribution in [2.45, 2.75) is 26.8 Å². The van der Waals surface area contributed by atoms with Crippen molar-refractivity contribution in [2.24, 2.45) is 0 Å². The maximum absolute atomic E-state index is 13.0. The smallest absolute Gasteiger partial charge is 0.262 e. The highest BCUT2D eigenvalue weighted by molar-refractivity contribution is 6.07. The Balaban J connectivity index is 1.45. The largest absolute Gasteiger partial charge is 0.366 e. The van der Waals surface area contributed by atoms with E-state index in [1.165, 1.54) is 6.33 Å². The number of nitrogens with one attached hydrogen (secondary N) is 2. The highest BCUT2D eigenvalue weighted by Crippen LogP contribution is 2.24. The molecule has 2 N–H and O–H groups in total. The topological polar surface area (TPSA) is 95.9 Å². The molecule has 8 heteroatoms. The number of amides is 1. The Morgan fingerprint density at radius 3 is 2.71 bits per heavy atom. The minimum atomic E-state index is -0.158. The van der Waals surface area contributed by atoms with Crippen molar-refractivity contribution in [1.29, 1.82) is 0 Å². The van der Waals surface area contributed by atoms with E-state index in [4.69, 9.17) is 0 Å². The van der Waals surface area contributed by atoms with Gasteiger partial charge in [-0.05, 0) is 30.5 Å². The van der Waals surface area contributed by atoms with Gasteiger partial charge in [0.15, 0.2) is 0 Å². The average Bonchev–Trinajstić information content (AvgIpc) is 2.87. The van der Waals surface area contributed by atoms with Crippen molar-refractivity contribution in [3.05, 3.63) is 95.6 Å². The zero-order chi connectivity index (χ0) is 24.8. The van der Waals surface area contributed by atoms with Gasteiger partial charge in [-0.15, -0.1) is 0 Å². The Morgan fingerprint density at radius 1 is 1.20 bits per heavy atom. The molecule has 1 aromatic carbocycles. The Bertz CT molecular complexity index is 1300. The standard InChI is InChI=1S/C27H29N7O/c1-5-6-21(13-18(2)3)20-9-7-19(8-10-20)15-29-24-14-25(32-17-31-24)34-12-11-23-22(26(34)35)16-30-27(28-4)33-23/h5-10,13-14,16-17H,2,11-12,15H2,1,3-4H3,(H,28,30,33)(H,29,31,32)/b6-5-,21-13+. The molecule has 4 rings (SSSR count). The summed E-state index contributed by atoms with van der Waals surface area (Å²) in [6.45, 7) is 9.06. The van der Waals surface area contributed by atoms with Crippen LogP contribution in [0, 0.1) is 0 Å². The fourth-order valence-electron chi connectivity index (χ4n) is 3.86. The first-order valence-electron chi connectivity index (χ1n) is 11.5. The number of nitrogens with zero attached hydrogens (tertiary/aromatic N) is 5. The molecule has 3 aromatic rings. The van der Waals surface area contributed by atoms with E-state index in [2.05, 4.69) is 73.6 Å². The van der Waals surface area contributed by atoms with Gasteiger partial charge in [-0.3, -0.25) is 9.69 Å². The molecule has 0 spiro atoms. The van der Waals surface area contributed by atoms with Crippen LogP contribution in [0.15, 0.2) is 73.2 Å². The molecule has 0 unspecified atom stereocenters. The molecule has 8 nitrogen and oxygen atoms in total. The van der Waals surface area contributed by atoms with E-state index in [-0.39, 0.29) is 5.91 Å². The molecule has 0 saturated heterocycles. The number of aromatic nitrogens is 4. The summed E-state index contributed by atoms with van der Waals surface area (Å²) in [5.41, 5.74) is 5.63. The van der Waals surface area contributed by atoms with Gasteiger partial charge >= 0.3 is 0 Å². The van der Waals surface area contributed by atoms with Crippen molar-refractivity contribution in [1.82, 2.24) is 19.9 Å². The SMILES string of the molecule is C=C(C)/C=C(\C=C/C)c1ccc(CNc2cc(N3CCc4nc(NC)ncc4C3=O)ncn2)cc1. The molecule has 1 aliphatic rings. The molecule has 0 aliphatic carbocycles. The lowest BCUT2D eigenvalue weighted by Gasteiger charge is -2.27. The van der Waals surface area contributed by atoms with Crippen LogP contribution in [0.5, 0.6) is 0 Å². The summed E-state index contributed by atoms with van der Waals surface area (Å²) < 4.78 is 0. The summed E-state index contributed by atoms with van der Waals surface area (Å²) in [5.74, 6) is 1.55. The summed E-state index contributed by atoms with van der Waals surface area (Å²) in [5, 5.41) is 6.24. The molecular weight excluding hydrogens is 438 g/mol. The van der Waals surface area contributed by atoms with Crippen LogP contribution < -0.4 is 15.5 Å². The van der Waals surface area contributed by atoms with Crippen LogP contribution in [0.4, 0.5) is 17.6 Å². The number of carbonyl (C=O) groups is 1. The number of carbonyl (C=O) groups excluding carboxylic acids is 1. The minimum Gasteiger partial charge on any atom is -0.366 e. The molecule has 3 heterocycles. The van der Waals surface area contributed by atoms with Gasteiger partial charge in [0.2, 0.25) is 5.95 Å². The maximum atomic E-state index is 13.0. The molecule has 1 amide bonds. The first-order chi connectivity index (χ1) is 17.0. The van der Waals surface area contributed by atoms with E-state index in [9.17, 15) is 4.79 Å². The zero-order valence-electron chi connectivity index (χ0n) is 20.2. The predicted octanol–water partition coefficient (Wildman–Crippen LogP) is 4.66. The van der Waals surface area contributed by atoms with Crippen LogP contribution in [-0.4, -0.2) is 39.4 Å². The van der Waals surface area contributed by atoms with E-state index in [0.29, 0.717) is 42.7 Å². The van der Waals surface area contributed by atoms with E-state index in [1.807, 2.05) is 19.9 Å². The first-order valence-corrected chi connectivity index (χ1v) is 11.5. The quantitative estimate of drug-likeness (QED) is 0.465. The molecule has 0 bridgehead atoms. The second-order valence-corrected chi connectivity index (χ2v) is 8.27. The van der Waals surface area contributed by atoms with Gasteiger partial charge in [-0.1, -0.05) is 54.6 Å². The Morgan fingerprint density at radius 2 is 2.00 bits per heavy atom. The lowest BCUT2D eigenvalue weighted by molar-refractivity contribution is 0.0978. The van der Waals surface area contributed by atoms with Crippen molar-refractivity contribution in [2.75, 3.05) is 29.1 Å². The fraction of sp³-hybridized carbons (Fsp3) is 0.222. The number of hydrogen-bond donors (Lipinski definition) is 2. The van der Waals surface area contributed by atoms with Crippen LogP contribution in [-0.2, 0) is 13.0 Å². The lowest BCUT2D eigenvalue weighted by Crippen LogP contribution is -2.39. The Labute approximate surface area is 205 Å². The van der Waals surface area contributed by atoms with E-state index >= 15 is 0 Å². The third kappa shape index (κ3) is 5.60. The van der Waals surface area contributed by atoms with Gasteiger partial charge in [-0.25, -0.2) is 19.9 Å². The van der Waals surface area contributed by atoms with Gasteiger partial charge in [0.1, 0.15) is 18.0 Å². The Kier molecular flexibility index (Phi) is 7.30. The first kappa shape index (κ1) is 23.8. The van der Waals surface area contributed by atoms with Crippen LogP contribution in [0.25, 0.3) is 5.57 Å². The van der Waals surface area contributed by atoms with Gasteiger partial charge < -0.3 is 10.6 Å². The van der Waals surface area contributed by atoms with E-state index in [1.54, 1.807) is 24.2 Å². The molecule has 2 aromatic heterocycles. The number of fused-ring (bicyclic) bond motifs is 1. The summed E-state index contributed by atoms with van der Waals surface area (Å²) in [7, 11) is 1.75. The lowest BCUT2D eigenvalue weighted by atomic mass is 10.0. The number of rotatable bonds is 8. The fourth-order valence-corrected chi connectivity index (χ4v) is 3.86. The molecule has 0 atom stereocenters. The summed E-state index contributed by atoms with van der Waals surface area (Å²) in [6.07, 6.45) is 9.84. The summed E-state index contributed by atoms with van der Waals surface area (Å²) in [4.78, 5) is 31.9. The van der Waals surface area contributed by atoms with Crippen molar-refractivity contribution in [3.8, 4) is 0 Å². The van der Waals surface area contributed by atoms with Crippen LogP contribution in [0.2, 0.25) is 0 Å². The molecule has 178 valence electrons. The van der Waals surface area contributed by atoms with E-state index < -0.39 is 0 Å². The summed E-state index contributed by atoms with van der Waals surface area (Å²) >= 11 is 0. The number of benzene rings is 1. The summed E-state index contributed by atoms with van der Waals surface area (Å²) in [6, 6.07) is 10.2. The highest BCUT2D eigenvalue weighted by atomic mass is 16.2. The monoisotopic (exact) mass is 467 g/mol. The minimum absolute atomic E-state index is 0.158. The molecule has 0 saturated carbocycles. The van der Waals surface area contributed by atoms with Gasteiger partial charge in [0, 0.05) is 38.8 Å². The Hall–Kier alpha value is -4.33. The van der Waals surface area contributed by atoms with Crippen LogP contribution in [0.1, 0.15) is 41.0 Å². The molecule has 1 aliphatic heterocycles. The van der Waals surface area contributed by atoms with Gasteiger partial charge in [0.25, 0.3) is 5.91 Å². The number of allylic oxidation sites excluding steroid dienone is 5. The second-order valence-electron chi connectivity index (χ2n) is 8.27. The van der Waals surface area contributed by atoms with Crippen molar-refractivity contribution >= 4 is 29.1 Å². The predicted molar refractivity (Wildman–Crippen MR) is 140 cm³/mol. The van der Waals surface area contributed by atoms with Crippen molar-refractivity contribution < 1.29 is 4.79 Å². The number of hydrogen-bond acceptors (Lipinski definition) is 7. The van der Waals surface area contributed by atoms with Crippen LogP contribution in [0.3, 0.4) is 0 Å². The van der Waals surface area contributed by atoms with Gasteiger partial charge in [-0.2, -0.15) is 0 Å². The molecule has 0 fully saturated rings. The molecular formula is C27H29N7O. The zero-order valence-corrected chi connectivity index (χ0v) is 20.2. The highest BCUT2D eigenvalue weighted by Gasteiger charge is 2.28. The molecule has 35 heavy (non-hydrogen) atoms. The third-order valence-corrected chi connectivity index (χ3v) is 5.58. The van der Waals surface area contributed by atoms with E-state index in [0.717, 1.165) is 28.0 Å². The third-order valence-electron chi connectivity index (χ3n) is 5.58. The normalized spacial score (nSPS) is 13.6.